The molecule has 0 fully saturated rings. The van der Waals surface area contributed by atoms with Crippen molar-refractivity contribution in [3.8, 4) is 5.75 Å². The molecule has 0 aliphatic carbocycles. The van der Waals surface area contributed by atoms with Crippen molar-refractivity contribution in [1.29, 1.82) is 0 Å². The molecule has 2 aromatic carbocycles. The van der Waals surface area contributed by atoms with E-state index in [1.807, 2.05) is 24.3 Å². The van der Waals surface area contributed by atoms with Gasteiger partial charge in [0.15, 0.2) is 11.6 Å². The molecule has 0 aromatic heterocycles. The smallest absolute Gasteiger partial charge is 0.168 e. The minimum Gasteiger partial charge on any atom is -0.494 e. The molecule has 0 bridgehead atoms. The van der Waals surface area contributed by atoms with Crippen molar-refractivity contribution < 1.29 is 14.2 Å². The lowest BCUT2D eigenvalue weighted by Crippen LogP contribution is -2.04. The van der Waals surface area contributed by atoms with E-state index >= 15 is 0 Å². The second-order valence-corrected chi connectivity index (χ2v) is 5.45. The van der Waals surface area contributed by atoms with E-state index in [9.17, 15) is 9.50 Å². The van der Waals surface area contributed by atoms with Gasteiger partial charge in [0, 0.05) is 9.99 Å². The fourth-order valence-electron chi connectivity index (χ4n) is 1.88. The first-order valence-corrected chi connectivity index (χ1v) is 6.94. The first-order chi connectivity index (χ1) is 9.11. The van der Waals surface area contributed by atoms with Gasteiger partial charge in [-0.3, -0.25) is 0 Å². The van der Waals surface area contributed by atoms with Crippen molar-refractivity contribution in [2.75, 3.05) is 7.11 Å². The molecule has 0 amide bonds. The standard InChI is InChI=1S/C15H14FIO2/c1-19-14-4-2-3-11(15(14)16)9-13(18)10-5-7-12(17)8-6-10/h2-8,13,18H,9H2,1H3. The summed E-state index contributed by atoms with van der Waals surface area (Å²) in [5, 5.41) is 10.1. The Morgan fingerprint density at radius 3 is 2.53 bits per heavy atom. The zero-order valence-corrected chi connectivity index (χ0v) is 12.6. The molecule has 1 atom stereocenters. The lowest BCUT2D eigenvalue weighted by Gasteiger charge is -2.13. The van der Waals surface area contributed by atoms with Crippen LogP contribution in [0.4, 0.5) is 4.39 Å². The Morgan fingerprint density at radius 1 is 1.21 bits per heavy atom. The van der Waals surface area contributed by atoms with Crippen molar-refractivity contribution in [3.63, 3.8) is 0 Å². The molecule has 2 aromatic rings. The Balaban J connectivity index is 2.19. The summed E-state index contributed by atoms with van der Waals surface area (Å²) in [6.07, 6.45) is -0.498. The molecule has 100 valence electrons. The van der Waals surface area contributed by atoms with E-state index in [4.69, 9.17) is 4.74 Å². The summed E-state index contributed by atoms with van der Waals surface area (Å²) in [5.41, 5.74) is 1.23. The van der Waals surface area contributed by atoms with Gasteiger partial charge in [-0.15, -0.1) is 0 Å². The summed E-state index contributed by atoms with van der Waals surface area (Å²) < 4.78 is 20.0. The number of hydrogen-bond donors (Lipinski definition) is 1. The molecule has 2 nitrogen and oxygen atoms in total. The van der Waals surface area contributed by atoms with Gasteiger partial charge >= 0.3 is 0 Å². The van der Waals surface area contributed by atoms with Crippen molar-refractivity contribution in [1.82, 2.24) is 0 Å². The zero-order chi connectivity index (χ0) is 13.8. The molecule has 0 spiro atoms. The molecule has 0 aliphatic heterocycles. The van der Waals surface area contributed by atoms with Crippen molar-refractivity contribution in [2.24, 2.45) is 0 Å². The van der Waals surface area contributed by atoms with Gasteiger partial charge in [-0.2, -0.15) is 0 Å². The van der Waals surface area contributed by atoms with Crippen LogP contribution in [0.25, 0.3) is 0 Å². The Bertz CT molecular complexity index is 555. The van der Waals surface area contributed by atoms with E-state index < -0.39 is 11.9 Å². The molecule has 19 heavy (non-hydrogen) atoms. The van der Waals surface area contributed by atoms with Crippen LogP contribution < -0.4 is 4.74 Å². The van der Waals surface area contributed by atoms with Crippen LogP contribution >= 0.6 is 22.6 Å². The summed E-state index contributed by atoms with van der Waals surface area (Å²) in [5.74, 6) is -0.207. The van der Waals surface area contributed by atoms with Gasteiger partial charge in [-0.1, -0.05) is 24.3 Å². The number of rotatable bonds is 4. The maximum absolute atomic E-state index is 14.0. The number of ether oxygens (including phenoxy) is 1. The van der Waals surface area contributed by atoms with Crippen molar-refractivity contribution in [2.45, 2.75) is 12.5 Å². The van der Waals surface area contributed by atoms with Gasteiger partial charge in [0.2, 0.25) is 0 Å². The third-order valence-corrected chi connectivity index (χ3v) is 3.65. The molecule has 1 N–H and O–H groups in total. The number of hydrogen-bond acceptors (Lipinski definition) is 2. The summed E-state index contributed by atoms with van der Waals surface area (Å²) in [7, 11) is 1.43. The van der Waals surface area contributed by atoms with E-state index in [1.165, 1.54) is 7.11 Å². The predicted octanol–water partition coefficient (Wildman–Crippen LogP) is 3.72. The highest BCUT2D eigenvalue weighted by molar-refractivity contribution is 14.1. The van der Waals surface area contributed by atoms with E-state index in [1.54, 1.807) is 18.2 Å². The minimum atomic E-state index is -0.724. The van der Waals surface area contributed by atoms with Crippen LogP contribution in [0.2, 0.25) is 0 Å². The average Bonchev–Trinajstić information content (AvgIpc) is 2.42. The summed E-state index contributed by atoms with van der Waals surface area (Å²) in [6.45, 7) is 0. The quantitative estimate of drug-likeness (QED) is 0.830. The van der Waals surface area contributed by atoms with Gasteiger partial charge in [0.25, 0.3) is 0 Å². The van der Waals surface area contributed by atoms with Crippen LogP contribution in [0, 0.1) is 9.39 Å². The molecule has 1 unspecified atom stereocenters. The van der Waals surface area contributed by atoms with Crippen LogP contribution in [0.3, 0.4) is 0 Å². The third-order valence-electron chi connectivity index (χ3n) is 2.93. The summed E-state index contributed by atoms with van der Waals surface area (Å²) >= 11 is 2.20. The molecular formula is C15H14FIO2. The number of benzene rings is 2. The summed E-state index contributed by atoms with van der Waals surface area (Å²) in [6, 6.07) is 12.5. The highest BCUT2D eigenvalue weighted by Gasteiger charge is 2.14. The SMILES string of the molecule is COc1cccc(CC(O)c2ccc(I)cc2)c1F. The topological polar surface area (TPSA) is 29.5 Å². The number of methoxy groups -OCH3 is 1. The summed E-state index contributed by atoms with van der Waals surface area (Å²) in [4.78, 5) is 0. The van der Waals surface area contributed by atoms with Gasteiger partial charge in [0.1, 0.15) is 0 Å². The van der Waals surface area contributed by atoms with Crippen LogP contribution in [-0.4, -0.2) is 12.2 Å². The lowest BCUT2D eigenvalue weighted by atomic mass is 10.0. The highest BCUT2D eigenvalue weighted by atomic mass is 127. The van der Waals surface area contributed by atoms with Crippen LogP contribution in [-0.2, 0) is 6.42 Å². The van der Waals surface area contributed by atoms with Crippen LogP contribution in [0.1, 0.15) is 17.2 Å². The Hall–Kier alpha value is -1.14. The first kappa shape index (κ1) is 14.3. The van der Waals surface area contributed by atoms with E-state index in [2.05, 4.69) is 22.6 Å². The average molecular weight is 372 g/mol. The van der Waals surface area contributed by atoms with Crippen LogP contribution in [0.5, 0.6) is 5.75 Å². The second kappa shape index (κ2) is 6.34. The molecule has 0 saturated heterocycles. The fourth-order valence-corrected chi connectivity index (χ4v) is 2.24. The largest absolute Gasteiger partial charge is 0.494 e. The Morgan fingerprint density at radius 2 is 1.89 bits per heavy atom. The molecule has 4 heteroatoms. The normalized spacial score (nSPS) is 12.2. The van der Waals surface area contributed by atoms with E-state index in [-0.39, 0.29) is 12.2 Å². The number of aliphatic hydroxyl groups excluding tert-OH is 1. The zero-order valence-electron chi connectivity index (χ0n) is 10.4. The third kappa shape index (κ3) is 3.45. The molecular weight excluding hydrogens is 358 g/mol. The maximum atomic E-state index is 14.0. The van der Waals surface area contributed by atoms with Gasteiger partial charge < -0.3 is 9.84 Å². The maximum Gasteiger partial charge on any atom is 0.168 e. The Kier molecular flexibility index (Phi) is 4.76. The Labute approximate surface area is 125 Å². The van der Waals surface area contributed by atoms with E-state index in [0.717, 1.165) is 9.13 Å². The van der Waals surface area contributed by atoms with E-state index in [0.29, 0.717) is 5.56 Å². The van der Waals surface area contributed by atoms with Crippen molar-refractivity contribution in [3.05, 3.63) is 63.0 Å². The molecule has 0 aliphatic rings. The van der Waals surface area contributed by atoms with Gasteiger partial charge in [0.05, 0.1) is 13.2 Å². The molecule has 0 saturated carbocycles. The predicted molar refractivity (Wildman–Crippen MR) is 80.8 cm³/mol. The monoisotopic (exact) mass is 372 g/mol. The first-order valence-electron chi connectivity index (χ1n) is 5.86. The molecule has 0 radical (unpaired) electrons. The van der Waals surface area contributed by atoms with Crippen LogP contribution in [0.15, 0.2) is 42.5 Å². The van der Waals surface area contributed by atoms with Gasteiger partial charge in [-0.05, 0) is 51.9 Å². The molecule has 0 heterocycles. The van der Waals surface area contributed by atoms with Crippen molar-refractivity contribution >= 4 is 22.6 Å². The lowest BCUT2D eigenvalue weighted by molar-refractivity contribution is 0.177. The second-order valence-electron chi connectivity index (χ2n) is 4.20. The number of halogens is 2. The molecule has 2 rings (SSSR count). The minimum absolute atomic E-state index is 0.201. The van der Waals surface area contributed by atoms with Gasteiger partial charge in [-0.25, -0.2) is 4.39 Å². The highest BCUT2D eigenvalue weighted by Crippen LogP contribution is 2.25. The number of aliphatic hydroxyl groups is 1. The fraction of sp³-hybridized carbons (Fsp3) is 0.200.